The van der Waals surface area contributed by atoms with E-state index in [9.17, 15) is 24.7 Å². The van der Waals surface area contributed by atoms with Crippen LogP contribution >= 0.6 is 0 Å². The summed E-state index contributed by atoms with van der Waals surface area (Å²) >= 11 is 0. The number of hydrogen-bond donors (Lipinski definition) is 2. The molecule has 0 amide bonds. The zero-order chi connectivity index (χ0) is 12.5. The summed E-state index contributed by atoms with van der Waals surface area (Å²) in [5.41, 5.74) is -2.12. The Hall–Kier alpha value is -0.830. The Morgan fingerprint density at radius 3 is 2.50 bits per heavy atom. The molecule has 0 aromatic carbocycles. The summed E-state index contributed by atoms with van der Waals surface area (Å²) in [4.78, 5) is 10.0. The second-order valence-corrected chi connectivity index (χ2v) is 3.81. The Morgan fingerprint density at radius 1 is 1.56 bits per heavy atom. The molecule has 0 aliphatic carbocycles. The Kier molecular flexibility index (Phi) is 3.79. The molecule has 2 N–H and O–H groups in total. The van der Waals surface area contributed by atoms with Crippen molar-refractivity contribution in [1.82, 2.24) is 0 Å². The molecular formula is C8H14FNO6. The van der Waals surface area contributed by atoms with E-state index in [2.05, 4.69) is 4.74 Å². The minimum Gasteiger partial charge on any atom is -0.383 e. The van der Waals surface area contributed by atoms with E-state index in [0.29, 0.717) is 0 Å². The number of halogens is 1. The van der Waals surface area contributed by atoms with Crippen LogP contribution in [-0.4, -0.2) is 59.1 Å². The predicted octanol–water partition coefficient (Wildman–Crippen LogP) is -0.916. The van der Waals surface area contributed by atoms with E-state index in [1.807, 2.05) is 0 Å². The van der Waals surface area contributed by atoms with Gasteiger partial charge in [-0.1, -0.05) is 0 Å². The largest absolute Gasteiger partial charge is 0.383 e. The average Bonchev–Trinajstić information content (AvgIpc) is 2.26. The number of aliphatic hydroxyl groups is 2. The summed E-state index contributed by atoms with van der Waals surface area (Å²) in [5.74, 6) is 0. The van der Waals surface area contributed by atoms with Crippen LogP contribution in [0.4, 0.5) is 4.39 Å². The molecule has 7 nitrogen and oxygen atoms in total. The number of rotatable bonds is 3. The third kappa shape index (κ3) is 1.77. The van der Waals surface area contributed by atoms with Crippen molar-refractivity contribution in [2.24, 2.45) is 0 Å². The molecular weight excluding hydrogens is 225 g/mol. The smallest absolute Gasteiger partial charge is 0.277 e. The summed E-state index contributed by atoms with van der Waals surface area (Å²) in [6.45, 7) is -0.0727. The molecule has 0 aromatic heterocycles. The van der Waals surface area contributed by atoms with Crippen LogP contribution in [0.15, 0.2) is 0 Å². The van der Waals surface area contributed by atoms with Gasteiger partial charge in [0.15, 0.2) is 18.5 Å². The molecule has 5 atom stereocenters. The fourth-order valence-electron chi connectivity index (χ4n) is 1.67. The van der Waals surface area contributed by atoms with Gasteiger partial charge in [0.2, 0.25) is 0 Å². The van der Waals surface area contributed by atoms with Gasteiger partial charge in [-0.25, -0.2) is 4.39 Å². The van der Waals surface area contributed by atoms with E-state index < -0.39 is 41.7 Å². The lowest BCUT2D eigenvalue weighted by molar-refractivity contribution is -0.609. The van der Waals surface area contributed by atoms with E-state index in [-0.39, 0.29) is 0 Å². The number of alkyl halides is 1. The van der Waals surface area contributed by atoms with E-state index in [1.165, 1.54) is 7.11 Å². The second kappa shape index (κ2) is 4.58. The van der Waals surface area contributed by atoms with Crippen LogP contribution in [0.25, 0.3) is 0 Å². The first-order chi connectivity index (χ1) is 7.39. The van der Waals surface area contributed by atoms with Gasteiger partial charge in [0.1, 0.15) is 12.8 Å². The van der Waals surface area contributed by atoms with Gasteiger partial charge in [0, 0.05) is 19.0 Å². The van der Waals surface area contributed by atoms with Gasteiger partial charge >= 0.3 is 0 Å². The molecule has 16 heavy (non-hydrogen) atoms. The minimum atomic E-state index is -2.12. The Morgan fingerprint density at radius 2 is 2.12 bits per heavy atom. The molecule has 94 valence electrons. The third-order valence-electron chi connectivity index (χ3n) is 2.89. The number of hydrogen-bond acceptors (Lipinski definition) is 6. The molecule has 0 saturated carbocycles. The van der Waals surface area contributed by atoms with Gasteiger partial charge in [-0.2, -0.15) is 0 Å². The molecule has 0 bridgehead atoms. The maximum absolute atomic E-state index is 12.5. The minimum absolute atomic E-state index is 0.848. The van der Waals surface area contributed by atoms with Gasteiger partial charge in [-0.15, -0.1) is 0 Å². The van der Waals surface area contributed by atoms with Crippen LogP contribution in [0.3, 0.4) is 0 Å². The summed E-state index contributed by atoms with van der Waals surface area (Å²) in [6, 6.07) is 0. The Balaban J connectivity index is 3.06. The fourth-order valence-corrected chi connectivity index (χ4v) is 1.67. The van der Waals surface area contributed by atoms with Gasteiger partial charge in [-0.3, -0.25) is 10.1 Å². The maximum atomic E-state index is 12.5. The zero-order valence-electron chi connectivity index (χ0n) is 8.87. The molecule has 1 aliphatic heterocycles. The highest BCUT2D eigenvalue weighted by atomic mass is 19.1. The lowest BCUT2D eigenvalue weighted by Crippen LogP contribution is -2.69. The predicted molar refractivity (Wildman–Crippen MR) is 49.1 cm³/mol. The molecule has 0 spiro atoms. The van der Waals surface area contributed by atoms with Crippen molar-refractivity contribution in [2.75, 3.05) is 13.8 Å². The van der Waals surface area contributed by atoms with Crippen molar-refractivity contribution in [3.8, 4) is 0 Å². The van der Waals surface area contributed by atoms with Gasteiger partial charge in [0.05, 0.1) is 0 Å². The van der Waals surface area contributed by atoms with E-state index in [4.69, 9.17) is 4.74 Å². The summed E-state index contributed by atoms with van der Waals surface area (Å²) in [5, 5.41) is 30.2. The molecule has 1 heterocycles. The van der Waals surface area contributed by atoms with Crippen molar-refractivity contribution in [3.05, 3.63) is 10.1 Å². The van der Waals surface area contributed by atoms with Gasteiger partial charge < -0.3 is 19.7 Å². The maximum Gasteiger partial charge on any atom is 0.277 e. The summed E-state index contributed by atoms with van der Waals surface area (Å²) < 4.78 is 22.1. The molecule has 0 unspecified atom stereocenters. The van der Waals surface area contributed by atoms with E-state index in [0.717, 1.165) is 6.92 Å². The number of nitrogens with zero attached hydrogens (tertiary/aromatic N) is 1. The van der Waals surface area contributed by atoms with Crippen molar-refractivity contribution < 1.29 is 29.0 Å². The highest BCUT2D eigenvalue weighted by molar-refractivity contribution is 4.99. The highest BCUT2D eigenvalue weighted by Crippen LogP contribution is 2.32. The molecule has 1 fully saturated rings. The number of aliphatic hydroxyl groups excluding tert-OH is 2. The Labute approximate surface area is 90.9 Å². The quantitative estimate of drug-likeness (QED) is 0.488. The normalized spacial score (nSPS) is 44.3. The summed E-state index contributed by atoms with van der Waals surface area (Å²) in [7, 11) is 1.17. The molecule has 1 rings (SSSR count). The molecule has 1 aliphatic rings. The SMILES string of the molecule is CO[C@H]1O[C@H](CF)[C@@H](O)[C@](C)([N+](=O)[O-])[C@H]1O. The monoisotopic (exact) mass is 239 g/mol. The lowest BCUT2D eigenvalue weighted by atomic mass is 9.83. The zero-order valence-corrected chi connectivity index (χ0v) is 8.87. The first kappa shape index (κ1) is 13.2. The molecule has 8 heteroatoms. The van der Waals surface area contributed by atoms with E-state index >= 15 is 0 Å². The van der Waals surface area contributed by atoms with E-state index in [1.54, 1.807) is 0 Å². The van der Waals surface area contributed by atoms with Gasteiger partial charge in [-0.05, 0) is 0 Å². The first-order valence-electron chi connectivity index (χ1n) is 4.64. The topological polar surface area (TPSA) is 102 Å². The fraction of sp³-hybridized carbons (Fsp3) is 1.00. The Bertz CT molecular complexity index is 259. The van der Waals surface area contributed by atoms with Crippen LogP contribution in [-0.2, 0) is 9.47 Å². The first-order valence-corrected chi connectivity index (χ1v) is 4.64. The van der Waals surface area contributed by atoms with Gasteiger partial charge in [0.25, 0.3) is 5.54 Å². The number of methoxy groups -OCH3 is 1. The van der Waals surface area contributed by atoms with Crippen LogP contribution in [0.1, 0.15) is 6.92 Å². The van der Waals surface area contributed by atoms with Crippen LogP contribution in [0.5, 0.6) is 0 Å². The lowest BCUT2D eigenvalue weighted by Gasteiger charge is -2.42. The van der Waals surface area contributed by atoms with Crippen LogP contribution in [0.2, 0.25) is 0 Å². The van der Waals surface area contributed by atoms with Crippen LogP contribution in [0, 0.1) is 10.1 Å². The van der Waals surface area contributed by atoms with Crippen molar-refractivity contribution in [3.63, 3.8) is 0 Å². The van der Waals surface area contributed by atoms with Crippen molar-refractivity contribution in [2.45, 2.75) is 37.1 Å². The number of ether oxygens (including phenoxy) is 2. The second-order valence-electron chi connectivity index (χ2n) is 3.81. The molecule has 0 radical (unpaired) electrons. The molecule has 0 aromatic rings. The summed E-state index contributed by atoms with van der Waals surface area (Å²) in [6.07, 6.45) is -6.14. The average molecular weight is 239 g/mol. The molecule has 1 saturated heterocycles. The van der Waals surface area contributed by atoms with Crippen molar-refractivity contribution in [1.29, 1.82) is 0 Å². The highest BCUT2D eigenvalue weighted by Gasteiger charge is 2.62. The standard InChI is InChI=1S/C8H14FNO6/c1-8(10(13)14)5(11)4(3-9)16-7(15-2)6(8)12/h4-7,11-12H,3H2,1-2H3/t4-,5-,6+,7+,8+/m1/s1. The third-order valence-corrected chi connectivity index (χ3v) is 2.89. The number of nitro groups is 1. The van der Waals surface area contributed by atoms with Crippen molar-refractivity contribution >= 4 is 0 Å². The van der Waals surface area contributed by atoms with Crippen LogP contribution < -0.4 is 0 Å².